The molecular formula is C21H27N5O. The molecule has 0 radical (unpaired) electrons. The van der Waals surface area contributed by atoms with E-state index in [0.717, 1.165) is 42.3 Å². The highest BCUT2D eigenvalue weighted by Crippen LogP contribution is 2.25. The van der Waals surface area contributed by atoms with Crippen molar-refractivity contribution >= 4 is 0 Å². The number of likely N-dealkylation sites (tertiary alicyclic amines) is 1. The van der Waals surface area contributed by atoms with Gasteiger partial charge in [0.1, 0.15) is 0 Å². The lowest BCUT2D eigenvalue weighted by Crippen LogP contribution is -2.22. The quantitative estimate of drug-likeness (QED) is 0.729. The van der Waals surface area contributed by atoms with Crippen LogP contribution in [0.1, 0.15) is 28.3 Å². The molecule has 0 amide bonds. The fraction of sp³-hybridized carbons (Fsp3) is 0.429. The van der Waals surface area contributed by atoms with E-state index in [4.69, 9.17) is 5.10 Å². The molecule has 142 valence electrons. The smallest absolute Gasteiger partial charge is 0.0711 e. The molecule has 0 bridgehead atoms. The van der Waals surface area contributed by atoms with E-state index in [1.165, 1.54) is 11.3 Å². The van der Waals surface area contributed by atoms with Gasteiger partial charge in [-0.05, 0) is 45.4 Å². The van der Waals surface area contributed by atoms with Crippen LogP contribution in [0.15, 0.2) is 36.4 Å². The number of hydrogen-bond acceptors (Lipinski definition) is 4. The number of hydrogen-bond donors (Lipinski definition) is 2. The summed E-state index contributed by atoms with van der Waals surface area (Å²) in [5.74, 6) is 0.220. The van der Waals surface area contributed by atoms with E-state index in [1.807, 2.05) is 29.8 Å². The van der Waals surface area contributed by atoms with Gasteiger partial charge in [0.2, 0.25) is 0 Å². The molecule has 2 atom stereocenters. The van der Waals surface area contributed by atoms with E-state index in [2.05, 4.69) is 47.1 Å². The number of benzene rings is 1. The molecule has 1 aromatic carbocycles. The summed E-state index contributed by atoms with van der Waals surface area (Å²) in [6.45, 7) is 8.59. The highest BCUT2D eigenvalue weighted by atomic mass is 16.3. The van der Waals surface area contributed by atoms with Crippen LogP contribution in [-0.2, 0) is 13.0 Å². The van der Waals surface area contributed by atoms with Gasteiger partial charge >= 0.3 is 0 Å². The fourth-order valence-electron chi connectivity index (χ4n) is 4.07. The number of H-pyrrole nitrogens is 1. The van der Waals surface area contributed by atoms with E-state index in [0.29, 0.717) is 6.54 Å². The van der Waals surface area contributed by atoms with Gasteiger partial charge in [-0.1, -0.05) is 18.2 Å². The average molecular weight is 365 g/mol. The Morgan fingerprint density at radius 3 is 2.63 bits per heavy atom. The summed E-state index contributed by atoms with van der Waals surface area (Å²) in [6, 6.07) is 12.3. The van der Waals surface area contributed by atoms with Gasteiger partial charge in [0.05, 0.1) is 23.2 Å². The molecule has 1 aliphatic heterocycles. The zero-order valence-electron chi connectivity index (χ0n) is 16.2. The first-order chi connectivity index (χ1) is 13.0. The summed E-state index contributed by atoms with van der Waals surface area (Å²) in [5, 5.41) is 22.6. The van der Waals surface area contributed by atoms with E-state index in [1.54, 1.807) is 0 Å². The maximum Gasteiger partial charge on any atom is 0.0711 e. The SMILES string of the molecule is Cc1cc(C[C@@H]2CN(Cc3c(C)nn(-c4ccccc4)c3C)C[C@H]2O)n[nH]1. The van der Waals surface area contributed by atoms with Gasteiger partial charge in [-0.25, -0.2) is 4.68 Å². The number of aromatic nitrogens is 4. The van der Waals surface area contributed by atoms with Crippen LogP contribution in [0.25, 0.3) is 5.69 Å². The van der Waals surface area contributed by atoms with Crippen molar-refractivity contribution in [3.05, 3.63) is 64.7 Å². The molecule has 1 saturated heterocycles. The number of rotatable bonds is 5. The van der Waals surface area contributed by atoms with Gasteiger partial charge in [0.25, 0.3) is 0 Å². The van der Waals surface area contributed by atoms with Gasteiger partial charge in [0, 0.05) is 42.5 Å². The number of aromatic amines is 1. The molecule has 0 unspecified atom stereocenters. The van der Waals surface area contributed by atoms with Gasteiger partial charge in [-0.2, -0.15) is 10.2 Å². The monoisotopic (exact) mass is 365 g/mol. The van der Waals surface area contributed by atoms with Gasteiger partial charge < -0.3 is 5.11 Å². The summed E-state index contributed by atoms with van der Waals surface area (Å²) in [7, 11) is 0. The lowest BCUT2D eigenvalue weighted by molar-refractivity contribution is 0.140. The molecule has 0 spiro atoms. The molecular weight excluding hydrogens is 338 g/mol. The molecule has 1 aliphatic rings. The number of aliphatic hydroxyl groups excluding tert-OH is 1. The number of β-amino-alcohol motifs (C(OH)–C–C–N with tert-alkyl or cyclic N) is 1. The van der Waals surface area contributed by atoms with Crippen molar-refractivity contribution in [2.75, 3.05) is 13.1 Å². The van der Waals surface area contributed by atoms with Crippen LogP contribution in [0.3, 0.4) is 0 Å². The molecule has 3 aromatic rings. The maximum atomic E-state index is 10.5. The van der Waals surface area contributed by atoms with Crippen molar-refractivity contribution < 1.29 is 5.11 Å². The molecule has 2 aromatic heterocycles. The second-order valence-corrected chi connectivity index (χ2v) is 7.66. The Hall–Kier alpha value is -2.44. The van der Waals surface area contributed by atoms with Crippen molar-refractivity contribution in [2.45, 2.75) is 39.8 Å². The molecule has 4 rings (SSSR count). The van der Waals surface area contributed by atoms with Crippen LogP contribution in [0, 0.1) is 26.7 Å². The number of para-hydroxylation sites is 1. The normalized spacial score (nSPS) is 20.4. The average Bonchev–Trinajstić information content (AvgIpc) is 3.30. The van der Waals surface area contributed by atoms with Crippen LogP contribution in [0.5, 0.6) is 0 Å². The minimum Gasteiger partial charge on any atom is -0.391 e. The highest BCUT2D eigenvalue weighted by Gasteiger charge is 2.32. The number of aliphatic hydroxyl groups is 1. The highest BCUT2D eigenvalue weighted by molar-refractivity contribution is 5.37. The summed E-state index contributed by atoms with van der Waals surface area (Å²) < 4.78 is 2.02. The van der Waals surface area contributed by atoms with E-state index >= 15 is 0 Å². The maximum absolute atomic E-state index is 10.5. The predicted molar refractivity (Wildman–Crippen MR) is 105 cm³/mol. The molecule has 6 nitrogen and oxygen atoms in total. The van der Waals surface area contributed by atoms with E-state index in [-0.39, 0.29) is 12.0 Å². The molecule has 27 heavy (non-hydrogen) atoms. The Morgan fingerprint density at radius 2 is 1.93 bits per heavy atom. The molecule has 0 aliphatic carbocycles. The summed E-state index contributed by atoms with van der Waals surface area (Å²) in [6.07, 6.45) is 0.496. The van der Waals surface area contributed by atoms with Crippen molar-refractivity contribution in [1.82, 2.24) is 24.9 Å². The Balaban J connectivity index is 1.47. The molecule has 1 fully saturated rings. The van der Waals surface area contributed by atoms with Crippen molar-refractivity contribution in [3.8, 4) is 5.69 Å². The van der Waals surface area contributed by atoms with Crippen LogP contribution in [0.2, 0.25) is 0 Å². The summed E-state index contributed by atoms with van der Waals surface area (Å²) in [4.78, 5) is 2.33. The van der Waals surface area contributed by atoms with Crippen LogP contribution >= 0.6 is 0 Å². The Morgan fingerprint density at radius 1 is 1.15 bits per heavy atom. The lowest BCUT2D eigenvalue weighted by atomic mass is 10.0. The minimum atomic E-state index is -0.313. The number of nitrogens with one attached hydrogen (secondary N) is 1. The third-order valence-corrected chi connectivity index (χ3v) is 5.54. The Labute approximate surface area is 159 Å². The van der Waals surface area contributed by atoms with Gasteiger partial charge in [-0.15, -0.1) is 0 Å². The van der Waals surface area contributed by atoms with Crippen LogP contribution in [0.4, 0.5) is 0 Å². The van der Waals surface area contributed by atoms with Crippen molar-refractivity contribution in [1.29, 1.82) is 0 Å². The molecule has 0 saturated carbocycles. The van der Waals surface area contributed by atoms with Crippen LogP contribution < -0.4 is 0 Å². The standard InChI is InChI=1S/C21H27N5O/c1-14-9-18(23-22-14)10-17-11-25(13-21(17)27)12-20-15(2)24-26(16(20)3)19-7-5-4-6-8-19/h4-9,17,21,27H,10-13H2,1-3H3,(H,22,23)/t17-,21-/m1/s1. The Bertz CT molecular complexity index is 914. The largest absolute Gasteiger partial charge is 0.391 e. The topological polar surface area (TPSA) is 70.0 Å². The summed E-state index contributed by atoms with van der Waals surface area (Å²) >= 11 is 0. The van der Waals surface area contributed by atoms with Crippen molar-refractivity contribution in [2.24, 2.45) is 5.92 Å². The molecule has 6 heteroatoms. The van der Waals surface area contributed by atoms with E-state index in [9.17, 15) is 5.11 Å². The number of nitrogens with zero attached hydrogens (tertiary/aromatic N) is 4. The number of aryl methyl sites for hydroxylation is 2. The third-order valence-electron chi connectivity index (χ3n) is 5.54. The molecule has 3 heterocycles. The first kappa shape index (κ1) is 17.9. The fourth-order valence-corrected chi connectivity index (χ4v) is 4.07. The van der Waals surface area contributed by atoms with Gasteiger partial charge in [0.15, 0.2) is 0 Å². The third kappa shape index (κ3) is 3.68. The van der Waals surface area contributed by atoms with Crippen LogP contribution in [-0.4, -0.2) is 49.2 Å². The zero-order valence-corrected chi connectivity index (χ0v) is 16.2. The summed E-state index contributed by atoms with van der Waals surface area (Å²) in [5.41, 5.74) is 6.65. The molecule has 2 N–H and O–H groups in total. The first-order valence-electron chi connectivity index (χ1n) is 9.53. The zero-order chi connectivity index (χ0) is 19.0. The second kappa shape index (κ2) is 7.29. The first-order valence-corrected chi connectivity index (χ1v) is 9.53. The lowest BCUT2D eigenvalue weighted by Gasteiger charge is -2.16. The van der Waals surface area contributed by atoms with E-state index < -0.39 is 0 Å². The Kier molecular flexibility index (Phi) is 4.85. The minimum absolute atomic E-state index is 0.220. The van der Waals surface area contributed by atoms with Crippen molar-refractivity contribution in [3.63, 3.8) is 0 Å². The second-order valence-electron chi connectivity index (χ2n) is 7.66. The van der Waals surface area contributed by atoms with Gasteiger partial charge in [-0.3, -0.25) is 10.00 Å². The predicted octanol–water partition coefficient (Wildman–Crippen LogP) is 2.56.